The van der Waals surface area contributed by atoms with Gasteiger partial charge in [0.2, 0.25) is 5.88 Å². The summed E-state index contributed by atoms with van der Waals surface area (Å²) in [6.07, 6.45) is 1.04. The van der Waals surface area contributed by atoms with Gasteiger partial charge in [0.05, 0.1) is 12.3 Å². The van der Waals surface area contributed by atoms with Crippen LogP contribution in [0.15, 0.2) is 18.2 Å². The molecule has 0 spiro atoms. The third kappa shape index (κ3) is 7.80. The fourth-order valence-corrected chi connectivity index (χ4v) is 1.58. The van der Waals surface area contributed by atoms with E-state index in [1.165, 1.54) is 0 Å². The van der Waals surface area contributed by atoms with Crippen molar-refractivity contribution in [3.05, 3.63) is 23.9 Å². The van der Waals surface area contributed by atoms with Gasteiger partial charge in [0, 0.05) is 19.2 Å². The number of pyridine rings is 1. The van der Waals surface area contributed by atoms with Gasteiger partial charge in [-0.15, -0.1) is 0 Å². The monoisotopic (exact) mass is 266 g/mol. The maximum atomic E-state index is 5.56. The van der Waals surface area contributed by atoms with Crippen LogP contribution in [0.25, 0.3) is 0 Å². The molecule has 1 rings (SSSR count). The van der Waals surface area contributed by atoms with E-state index in [1.54, 1.807) is 0 Å². The van der Waals surface area contributed by atoms with E-state index in [9.17, 15) is 0 Å². The Balaban J connectivity index is 2.27. The average Bonchev–Trinajstić information content (AvgIpc) is 2.39. The third-order valence-corrected chi connectivity index (χ3v) is 2.47. The lowest BCUT2D eigenvalue weighted by Crippen LogP contribution is -2.19. The Labute approximate surface area is 116 Å². The second-order valence-electron chi connectivity index (χ2n) is 4.95. The maximum absolute atomic E-state index is 5.56. The highest BCUT2D eigenvalue weighted by Crippen LogP contribution is 2.07. The first kappa shape index (κ1) is 15.9. The van der Waals surface area contributed by atoms with Crippen molar-refractivity contribution in [3.63, 3.8) is 0 Å². The minimum Gasteiger partial charge on any atom is -0.475 e. The summed E-state index contributed by atoms with van der Waals surface area (Å²) >= 11 is 0. The van der Waals surface area contributed by atoms with Crippen LogP contribution >= 0.6 is 0 Å². The summed E-state index contributed by atoms with van der Waals surface area (Å²) < 4.78 is 10.9. The predicted molar refractivity (Wildman–Crippen MR) is 77.4 cm³/mol. The fourth-order valence-electron chi connectivity index (χ4n) is 1.58. The first-order chi connectivity index (χ1) is 9.22. The minimum atomic E-state index is 0.551. The number of nitrogens with zero attached hydrogens (tertiary/aromatic N) is 1. The van der Waals surface area contributed by atoms with E-state index < -0.39 is 0 Å². The summed E-state index contributed by atoms with van der Waals surface area (Å²) in [6.45, 7) is 10.2. The molecule has 4 heteroatoms. The van der Waals surface area contributed by atoms with Gasteiger partial charge in [-0.2, -0.15) is 0 Å². The Hall–Kier alpha value is -1.13. The molecule has 0 amide bonds. The average molecular weight is 266 g/mol. The lowest BCUT2D eigenvalue weighted by molar-refractivity contribution is 0.0989. The number of hydrogen-bond donors (Lipinski definition) is 1. The summed E-state index contributed by atoms with van der Waals surface area (Å²) in [5.74, 6) is 1.32. The van der Waals surface area contributed by atoms with Crippen molar-refractivity contribution in [1.82, 2.24) is 10.3 Å². The van der Waals surface area contributed by atoms with Crippen molar-refractivity contribution in [2.75, 3.05) is 26.4 Å². The number of hydrogen-bond acceptors (Lipinski definition) is 4. The lowest BCUT2D eigenvalue weighted by Gasteiger charge is -2.09. The standard InChI is InChI=1S/C15H26N2O2/c1-4-8-18-9-10-19-15-7-5-6-14(17-15)12-16-11-13(2)3/h5-7,13,16H,4,8-12H2,1-3H3. The molecule has 0 aliphatic rings. The van der Waals surface area contributed by atoms with Gasteiger partial charge in [0.15, 0.2) is 0 Å². The molecule has 0 atom stereocenters. The van der Waals surface area contributed by atoms with Crippen LogP contribution in [0.1, 0.15) is 32.9 Å². The molecule has 0 aliphatic heterocycles. The van der Waals surface area contributed by atoms with E-state index in [-0.39, 0.29) is 0 Å². The predicted octanol–water partition coefficient (Wildman–Crippen LogP) is 2.63. The largest absolute Gasteiger partial charge is 0.475 e. The molecule has 0 unspecified atom stereocenters. The zero-order valence-electron chi connectivity index (χ0n) is 12.3. The van der Waals surface area contributed by atoms with Crippen molar-refractivity contribution >= 4 is 0 Å². The summed E-state index contributed by atoms with van der Waals surface area (Å²) in [7, 11) is 0. The van der Waals surface area contributed by atoms with E-state index in [4.69, 9.17) is 9.47 Å². The second-order valence-corrected chi connectivity index (χ2v) is 4.95. The van der Waals surface area contributed by atoms with Gasteiger partial charge in [0.25, 0.3) is 0 Å². The molecule has 19 heavy (non-hydrogen) atoms. The van der Waals surface area contributed by atoms with Crippen LogP contribution in [0.4, 0.5) is 0 Å². The van der Waals surface area contributed by atoms with Crippen LogP contribution in [-0.2, 0) is 11.3 Å². The van der Waals surface area contributed by atoms with E-state index in [2.05, 4.69) is 31.1 Å². The SMILES string of the molecule is CCCOCCOc1cccc(CNCC(C)C)n1. The second kappa shape index (κ2) is 9.75. The van der Waals surface area contributed by atoms with Crippen molar-refractivity contribution < 1.29 is 9.47 Å². The van der Waals surface area contributed by atoms with Crippen LogP contribution in [0.2, 0.25) is 0 Å². The van der Waals surface area contributed by atoms with Gasteiger partial charge in [-0.25, -0.2) is 4.98 Å². The van der Waals surface area contributed by atoms with Crippen molar-refractivity contribution in [3.8, 4) is 5.88 Å². The topological polar surface area (TPSA) is 43.4 Å². The molecule has 1 heterocycles. The van der Waals surface area contributed by atoms with Gasteiger partial charge >= 0.3 is 0 Å². The Kier molecular flexibility index (Phi) is 8.18. The summed E-state index contributed by atoms with van der Waals surface area (Å²) in [6, 6.07) is 5.86. The molecule has 0 fully saturated rings. The van der Waals surface area contributed by atoms with E-state index in [0.717, 1.165) is 31.8 Å². The molecular weight excluding hydrogens is 240 g/mol. The Morgan fingerprint density at radius 1 is 1.21 bits per heavy atom. The molecule has 0 aliphatic carbocycles. The first-order valence-corrected chi connectivity index (χ1v) is 7.09. The van der Waals surface area contributed by atoms with Crippen molar-refractivity contribution in [2.45, 2.75) is 33.7 Å². The van der Waals surface area contributed by atoms with Crippen molar-refractivity contribution in [1.29, 1.82) is 0 Å². The maximum Gasteiger partial charge on any atom is 0.213 e. The Bertz CT molecular complexity index is 343. The molecule has 0 saturated carbocycles. The van der Waals surface area contributed by atoms with Gasteiger partial charge in [-0.05, 0) is 24.9 Å². The van der Waals surface area contributed by atoms with Gasteiger partial charge < -0.3 is 14.8 Å². The first-order valence-electron chi connectivity index (χ1n) is 7.09. The van der Waals surface area contributed by atoms with Crippen LogP contribution in [0.5, 0.6) is 5.88 Å². The molecule has 0 aromatic carbocycles. The van der Waals surface area contributed by atoms with Crippen LogP contribution in [0, 0.1) is 5.92 Å². The smallest absolute Gasteiger partial charge is 0.213 e. The van der Waals surface area contributed by atoms with E-state index in [1.807, 2.05) is 18.2 Å². The van der Waals surface area contributed by atoms with E-state index >= 15 is 0 Å². The molecule has 0 radical (unpaired) electrons. The third-order valence-electron chi connectivity index (χ3n) is 2.47. The molecule has 1 aromatic heterocycles. The highest BCUT2D eigenvalue weighted by Gasteiger charge is 2.00. The minimum absolute atomic E-state index is 0.551. The fraction of sp³-hybridized carbons (Fsp3) is 0.667. The number of nitrogens with one attached hydrogen (secondary N) is 1. The number of rotatable bonds is 10. The zero-order valence-corrected chi connectivity index (χ0v) is 12.3. The molecule has 1 N–H and O–H groups in total. The molecule has 0 saturated heterocycles. The van der Waals surface area contributed by atoms with Gasteiger partial charge in [0.1, 0.15) is 6.61 Å². The molecule has 0 bridgehead atoms. The van der Waals surface area contributed by atoms with Gasteiger partial charge in [-0.3, -0.25) is 0 Å². The normalized spacial score (nSPS) is 10.9. The number of ether oxygens (including phenoxy) is 2. The highest BCUT2D eigenvalue weighted by atomic mass is 16.5. The molecule has 108 valence electrons. The van der Waals surface area contributed by atoms with Crippen LogP contribution < -0.4 is 10.1 Å². The number of aromatic nitrogens is 1. The molecule has 1 aromatic rings. The summed E-state index contributed by atoms with van der Waals surface area (Å²) in [5.41, 5.74) is 1.01. The van der Waals surface area contributed by atoms with Crippen LogP contribution in [0.3, 0.4) is 0 Å². The summed E-state index contributed by atoms with van der Waals surface area (Å²) in [5, 5.41) is 3.37. The molecular formula is C15H26N2O2. The quantitative estimate of drug-likeness (QED) is 0.661. The molecule has 4 nitrogen and oxygen atoms in total. The van der Waals surface area contributed by atoms with Crippen molar-refractivity contribution in [2.24, 2.45) is 5.92 Å². The van der Waals surface area contributed by atoms with E-state index in [0.29, 0.717) is 25.0 Å². The van der Waals surface area contributed by atoms with Gasteiger partial charge in [-0.1, -0.05) is 26.8 Å². The Morgan fingerprint density at radius 2 is 2.05 bits per heavy atom. The highest BCUT2D eigenvalue weighted by molar-refractivity contribution is 5.15. The summed E-state index contributed by atoms with van der Waals surface area (Å²) in [4.78, 5) is 4.45. The Morgan fingerprint density at radius 3 is 2.79 bits per heavy atom. The van der Waals surface area contributed by atoms with Crippen LogP contribution in [-0.4, -0.2) is 31.3 Å². The zero-order chi connectivity index (χ0) is 13.9. The lowest BCUT2D eigenvalue weighted by atomic mass is 10.2.